The van der Waals surface area contributed by atoms with Crippen molar-refractivity contribution in [3.05, 3.63) is 53.6 Å². The molecule has 0 unspecified atom stereocenters. The van der Waals surface area contributed by atoms with E-state index in [9.17, 15) is 4.39 Å². The van der Waals surface area contributed by atoms with Crippen LogP contribution in [0, 0.1) is 12.7 Å². The average molecular weight is 400 g/mol. The Labute approximate surface area is 172 Å². The smallest absolute Gasteiger partial charge is 0.225 e. The van der Waals surface area contributed by atoms with E-state index in [0.29, 0.717) is 12.1 Å². The lowest BCUT2D eigenvalue weighted by Crippen LogP contribution is -2.47. The van der Waals surface area contributed by atoms with Gasteiger partial charge in [0.2, 0.25) is 5.95 Å². The van der Waals surface area contributed by atoms with Crippen molar-refractivity contribution in [2.45, 2.75) is 19.9 Å². The van der Waals surface area contributed by atoms with Crippen molar-refractivity contribution in [2.75, 3.05) is 51.2 Å². The van der Waals surface area contributed by atoms with E-state index < -0.39 is 0 Å². The molecule has 2 N–H and O–H groups in total. The van der Waals surface area contributed by atoms with Crippen LogP contribution in [-0.2, 0) is 6.54 Å². The first-order chi connectivity index (χ1) is 14.2. The number of halogens is 1. The Morgan fingerprint density at radius 2 is 1.90 bits per heavy atom. The van der Waals surface area contributed by atoms with Crippen LogP contribution in [0.4, 0.5) is 10.3 Å². The fraction of sp³-hybridized carbons (Fsp3) is 0.476. The molecular formula is C21H30FN7. The quantitative estimate of drug-likeness (QED) is 0.420. The molecule has 1 aromatic heterocycles. The Balaban J connectivity index is 1.32. The molecule has 1 saturated heterocycles. The molecule has 1 aromatic carbocycles. The van der Waals surface area contributed by atoms with Gasteiger partial charge in [-0.3, -0.25) is 9.89 Å². The third-order valence-electron chi connectivity index (χ3n) is 5.06. The highest BCUT2D eigenvalue weighted by Gasteiger charge is 2.18. The molecule has 0 spiro atoms. The predicted molar refractivity (Wildman–Crippen MR) is 115 cm³/mol. The van der Waals surface area contributed by atoms with Gasteiger partial charge >= 0.3 is 0 Å². The molecule has 1 fully saturated rings. The lowest BCUT2D eigenvalue weighted by Gasteiger charge is -2.34. The third kappa shape index (κ3) is 6.39. The highest BCUT2D eigenvalue weighted by atomic mass is 19.1. The van der Waals surface area contributed by atoms with Crippen LogP contribution in [0.5, 0.6) is 0 Å². The molecule has 0 atom stereocenters. The van der Waals surface area contributed by atoms with Gasteiger partial charge in [0.05, 0.1) is 0 Å². The van der Waals surface area contributed by atoms with Crippen molar-refractivity contribution in [1.29, 1.82) is 0 Å². The number of aryl methyl sites for hydroxylation is 1. The molecule has 29 heavy (non-hydrogen) atoms. The Bertz CT molecular complexity index is 789. The number of anilines is 1. The maximum Gasteiger partial charge on any atom is 0.225 e. The van der Waals surface area contributed by atoms with Crippen LogP contribution in [-0.4, -0.2) is 67.1 Å². The molecule has 1 aliphatic rings. The van der Waals surface area contributed by atoms with E-state index in [-0.39, 0.29) is 5.82 Å². The lowest BCUT2D eigenvalue weighted by atomic mass is 10.1. The maximum absolute atomic E-state index is 13.4. The summed E-state index contributed by atoms with van der Waals surface area (Å²) in [5, 5.41) is 6.62. The van der Waals surface area contributed by atoms with Crippen molar-refractivity contribution in [3.63, 3.8) is 0 Å². The number of nitrogens with one attached hydrogen (secondary N) is 2. The Morgan fingerprint density at radius 3 is 2.59 bits per heavy atom. The molecule has 0 aliphatic carbocycles. The number of hydrogen-bond donors (Lipinski definition) is 2. The first kappa shape index (κ1) is 21.0. The molecule has 0 bridgehead atoms. The van der Waals surface area contributed by atoms with Gasteiger partial charge in [-0.1, -0.05) is 12.1 Å². The van der Waals surface area contributed by atoms with Gasteiger partial charge in [-0.2, -0.15) is 0 Å². The minimum absolute atomic E-state index is 0.173. The van der Waals surface area contributed by atoms with Crippen LogP contribution in [0.3, 0.4) is 0 Å². The van der Waals surface area contributed by atoms with Gasteiger partial charge in [-0.15, -0.1) is 0 Å². The van der Waals surface area contributed by atoms with Gasteiger partial charge in [0.1, 0.15) is 5.82 Å². The molecule has 0 radical (unpaired) electrons. The largest absolute Gasteiger partial charge is 0.356 e. The Morgan fingerprint density at radius 1 is 1.14 bits per heavy atom. The number of nitrogens with zero attached hydrogens (tertiary/aromatic N) is 5. The maximum atomic E-state index is 13.4. The third-order valence-corrected chi connectivity index (χ3v) is 5.06. The van der Waals surface area contributed by atoms with Crippen molar-refractivity contribution in [2.24, 2.45) is 4.99 Å². The van der Waals surface area contributed by atoms with Gasteiger partial charge in [0, 0.05) is 58.7 Å². The first-order valence-corrected chi connectivity index (χ1v) is 10.1. The number of rotatable bonds is 7. The zero-order valence-corrected chi connectivity index (χ0v) is 17.2. The lowest BCUT2D eigenvalue weighted by molar-refractivity contribution is 0.254. The second kappa shape index (κ2) is 10.7. The highest BCUT2D eigenvalue weighted by molar-refractivity contribution is 5.79. The standard InChI is InChI=1S/C21H30FN7/c1-17-15-18(5-6-19(17)22)16-27-20(23-2)24-9-4-10-28-11-13-29(14-12-28)21-25-7-3-8-26-21/h3,5-8,15H,4,9-14,16H2,1-2H3,(H2,23,24,27). The van der Waals surface area contributed by atoms with Gasteiger partial charge < -0.3 is 15.5 Å². The van der Waals surface area contributed by atoms with E-state index in [2.05, 4.69) is 35.4 Å². The minimum atomic E-state index is -0.173. The number of hydrogen-bond acceptors (Lipinski definition) is 5. The summed E-state index contributed by atoms with van der Waals surface area (Å²) in [7, 11) is 1.76. The van der Waals surface area contributed by atoms with E-state index in [1.807, 2.05) is 12.1 Å². The van der Waals surface area contributed by atoms with E-state index in [1.54, 1.807) is 32.4 Å². The van der Waals surface area contributed by atoms with E-state index in [0.717, 1.165) is 63.2 Å². The topological polar surface area (TPSA) is 68.7 Å². The van der Waals surface area contributed by atoms with Crippen LogP contribution in [0.2, 0.25) is 0 Å². The molecule has 2 aromatic rings. The molecule has 2 heterocycles. The van der Waals surface area contributed by atoms with Crippen molar-refractivity contribution < 1.29 is 4.39 Å². The van der Waals surface area contributed by atoms with Crippen LogP contribution in [0.25, 0.3) is 0 Å². The summed E-state index contributed by atoms with van der Waals surface area (Å²) in [5.41, 5.74) is 1.69. The fourth-order valence-corrected chi connectivity index (χ4v) is 3.36. The minimum Gasteiger partial charge on any atom is -0.356 e. The van der Waals surface area contributed by atoms with Crippen LogP contribution in [0.1, 0.15) is 17.5 Å². The van der Waals surface area contributed by atoms with E-state index in [4.69, 9.17) is 0 Å². The van der Waals surface area contributed by atoms with Gasteiger partial charge in [0.25, 0.3) is 0 Å². The van der Waals surface area contributed by atoms with Gasteiger partial charge in [0.15, 0.2) is 5.96 Å². The SMILES string of the molecule is CN=C(NCCCN1CCN(c2ncccn2)CC1)NCc1ccc(F)c(C)c1. The number of guanidine groups is 1. The molecule has 0 saturated carbocycles. The molecule has 8 heteroatoms. The zero-order chi connectivity index (χ0) is 20.5. The summed E-state index contributed by atoms with van der Waals surface area (Å²) in [5.74, 6) is 1.41. The summed E-state index contributed by atoms with van der Waals surface area (Å²) in [6.07, 6.45) is 4.62. The molecule has 0 amide bonds. The van der Waals surface area contributed by atoms with Crippen molar-refractivity contribution >= 4 is 11.9 Å². The number of aromatic nitrogens is 2. The number of benzene rings is 1. The summed E-state index contributed by atoms with van der Waals surface area (Å²) in [6, 6.07) is 7.00. The fourth-order valence-electron chi connectivity index (χ4n) is 3.36. The van der Waals surface area contributed by atoms with E-state index in [1.165, 1.54) is 6.07 Å². The highest BCUT2D eigenvalue weighted by Crippen LogP contribution is 2.10. The molecule has 156 valence electrons. The second-order valence-electron chi connectivity index (χ2n) is 7.17. The summed E-state index contributed by atoms with van der Waals surface area (Å²) in [4.78, 5) is 17.6. The number of aliphatic imine (C=N–C) groups is 1. The normalized spacial score (nSPS) is 15.4. The molecule has 3 rings (SSSR count). The predicted octanol–water partition coefficient (Wildman–Crippen LogP) is 1.80. The summed E-state index contributed by atoms with van der Waals surface area (Å²) < 4.78 is 13.4. The Hall–Kier alpha value is -2.74. The molecule has 1 aliphatic heterocycles. The average Bonchev–Trinajstić information content (AvgIpc) is 2.76. The van der Waals surface area contributed by atoms with E-state index >= 15 is 0 Å². The van der Waals surface area contributed by atoms with Gasteiger partial charge in [-0.25, -0.2) is 14.4 Å². The number of piperazine rings is 1. The summed E-state index contributed by atoms with van der Waals surface area (Å²) >= 11 is 0. The second-order valence-corrected chi connectivity index (χ2v) is 7.17. The Kier molecular flexibility index (Phi) is 7.75. The summed E-state index contributed by atoms with van der Waals surface area (Å²) in [6.45, 7) is 8.25. The monoisotopic (exact) mass is 399 g/mol. The van der Waals surface area contributed by atoms with Crippen molar-refractivity contribution in [3.8, 4) is 0 Å². The van der Waals surface area contributed by atoms with Crippen LogP contribution < -0.4 is 15.5 Å². The van der Waals surface area contributed by atoms with Gasteiger partial charge in [-0.05, 0) is 43.1 Å². The van der Waals surface area contributed by atoms with Crippen LogP contribution >= 0.6 is 0 Å². The van der Waals surface area contributed by atoms with Crippen molar-refractivity contribution in [1.82, 2.24) is 25.5 Å². The zero-order valence-electron chi connectivity index (χ0n) is 17.2. The first-order valence-electron chi connectivity index (χ1n) is 10.1. The molecule has 7 nitrogen and oxygen atoms in total. The van der Waals surface area contributed by atoms with Crippen LogP contribution in [0.15, 0.2) is 41.7 Å². The molecular weight excluding hydrogens is 369 g/mol.